The fourth-order valence-electron chi connectivity index (χ4n) is 2.47. The van der Waals surface area contributed by atoms with Gasteiger partial charge in [-0.15, -0.1) is 21.5 Å². The number of furan rings is 1. The van der Waals surface area contributed by atoms with E-state index < -0.39 is 11.6 Å². The summed E-state index contributed by atoms with van der Waals surface area (Å²) in [6.07, 6.45) is 1.55. The van der Waals surface area contributed by atoms with E-state index in [2.05, 4.69) is 20.5 Å². The summed E-state index contributed by atoms with van der Waals surface area (Å²) in [7, 11) is 1.78. The molecule has 0 aliphatic heterocycles. The summed E-state index contributed by atoms with van der Waals surface area (Å²) in [5.41, 5.74) is 0.882. The maximum Gasteiger partial charge on any atom is 0.236 e. The van der Waals surface area contributed by atoms with Crippen molar-refractivity contribution in [3.63, 3.8) is 0 Å². The van der Waals surface area contributed by atoms with Gasteiger partial charge in [-0.2, -0.15) is 0 Å². The molecular formula is C18H13F2N5O2S2. The second-order valence-electron chi connectivity index (χ2n) is 5.85. The third-order valence-electron chi connectivity index (χ3n) is 3.87. The van der Waals surface area contributed by atoms with E-state index >= 15 is 0 Å². The van der Waals surface area contributed by atoms with Gasteiger partial charge < -0.3 is 14.3 Å². The third-order valence-corrected chi connectivity index (χ3v) is 5.65. The Morgan fingerprint density at radius 3 is 2.90 bits per heavy atom. The number of halogens is 2. The average molecular weight is 433 g/mol. The Balaban J connectivity index is 1.37. The zero-order valence-corrected chi connectivity index (χ0v) is 16.6. The normalized spacial score (nSPS) is 11.0. The number of thioether (sulfide) groups is 1. The van der Waals surface area contributed by atoms with Crippen LogP contribution in [-0.2, 0) is 11.8 Å². The second-order valence-corrected chi connectivity index (χ2v) is 7.65. The molecule has 0 fully saturated rings. The summed E-state index contributed by atoms with van der Waals surface area (Å²) in [5.74, 6) is -0.894. The number of aromatic nitrogens is 4. The van der Waals surface area contributed by atoms with E-state index in [9.17, 15) is 13.6 Å². The molecule has 148 valence electrons. The van der Waals surface area contributed by atoms with Gasteiger partial charge in [0.1, 0.15) is 0 Å². The predicted octanol–water partition coefficient (Wildman–Crippen LogP) is 4.21. The Kier molecular flexibility index (Phi) is 5.41. The van der Waals surface area contributed by atoms with Crippen LogP contribution in [0.5, 0.6) is 0 Å². The molecule has 0 atom stereocenters. The first-order valence-corrected chi connectivity index (χ1v) is 10.1. The molecule has 0 spiro atoms. The zero-order valence-electron chi connectivity index (χ0n) is 14.9. The predicted molar refractivity (Wildman–Crippen MR) is 106 cm³/mol. The number of hydrogen-bond donors (Lipinski definition) is 1. The molecule has 0 radical (unpaired) electrons. The van der Waals surface area contributed by atoms with Gasteiger partial charge in [-0.05, 0) is 30.3 Å². The highest BCUT2D eigenvalue weighted by Crippen LogP contribution is 2.27. The lowest BCUT2D eigenvalue weighted by Gasteiger charge is -2.03. The molecule has 0 bridgehead atoms. The number of nitrogens with zero attached hydrogens (tertiary/aromatic N) is 4. The Bertz CT molecular complexity index is 1160. The molecule has 29 heavy (non-hydrogen) atoms. The average Bonchev–Trinajstić information content (AvgIpc) is 3.44. The number of hydrogen-bond acceptors (Lipinski definition) is 7. The molecule has 0 saturated carbocycles. The number of amides is 1. The molecule has 4 aromatic rings. The molecule has 11 heteroatoms. The van der Waals surface area contributed by atoms with Crippen molar-refractivity contribution in [2.24, 2.45) is 7.05 Å². The first-order chi connectivity index (χ1) is 14.0. The van der Waals surface area contributed by atoms with Gasteiger partial charge >= 0.3 is 0 Å². The lowest BCUT2D eigenvalue weighted by atomic mass is 10.2. The monoisotopic (exact) mass is 433 g/mol. The van der Waals surface area contributed by atoms with Crippen molar-refractivity contribution in [2.45, 2.75) is 5.16 Å². The highest BCUT2D eigenvalue weighted by Gasteiger charge is 2.15. The second kappa shape index (κ2) is 8.13. The molecule has 1 N–H and O–H groups in total. The van der Waals surface area contributed by atoms with E-state index in [1.54, 1.807) is 35.4 Å². The number of rotatable bonds is 6. The van der Waals surface area contributed by atoms with Gasteiger partial charge in [0.05, 0.1) is 17.7 Å². The van der Waals surface area contributed by atoms with Crippen LogP contribution >= 0.6 is 23.1 Å². The highest BCUT2D eigenvalue weighted by atomic mass is 32.2. The molecule has 0 aliphatic carbocycles. The summed E-state index contributed by atoms with van der Waals surface area (Å²) >= 11 is 2.42. The quantitative estimate of drug-likeness (QED) is 0.459. The molecule has 7 nitrogen and oxygen atoms in total. The Morgan fingerprint density at radius 2 is 2.14 bits per heavy atom. The van der Waals surface area contributed by atoms with Crippen molar-refractivity contribution >= 4 is 34.1 Å². The molecule has 0 aliphatic rings. The number of nitrogens with one attached hydrogen (secondary N) is 1. The molecule has 0 saturated heterocycles. The summed E-state index contributed by atoms with van der Waals surface area (Å²) in [6, 6.07) is 7.07. The molecule has 3 aromatic heterocycles. The van der Waals surface area contributed by atoms with Gasteiger partial charge in [0.15, 0.2) is 33.5 Å². The van der Waals surface area contributed by atoms with Crippen LogP contribution in [0.25, 0.3) is 22.8 Å². The standard InChI is InChI=1S/C18H13F2N5O2S2/c1-25-16(14-3-2-6-27-14)23-24-18(25)29-9-15(26)22-17-21-13(8-28-17)10-4-5-11(19)12(20)7-10/h2-8H,9H2,1H3,(H,21,22,26). The van der Waals surface area contributed by atoms with Crippen LogP contribution in [0.3, 0.4) is 0 Å². The summed E-state index contributed by atoms with van der Waals surface area (Å²) in [6.45, 7) is 0. The summed E-state index contributed by atoms with van der Waals surface area (Å²) in [4.78, 5) is 16.5. The molecule has 4 rings (SSSR count). The van der Waals surface area contributed by atoms with E-state index in [1.807, 2.05) is 0 Å². The van der Waals surface area contributed by atoms with E-state index in [0.29, 0.717) is 33.1 Å². The first-order valence-electron chi connectivity index (χ1n) is 8.28. The molecule has 3 heterocycles. The van der Waals surface area contributed by atoms with Crippen LogP contribution in [0, 0.1) is 11.6 Å². The SMILES string of the molecule is Cn1c(SCC(=O)Nc2nc(-c3ccc(F)c(F)c3)cs2)nnc1-c1ccco1. The number of anilines is 1. The highest BCUT2D eigenvalue weighted by molar-refractivity contribution is 7.99. The van der Waals surface area contributed by atoms with Crippen molar-refractivity contribution < 1.29 is 18.0 Å². The number of thiazole rings is 1. The van der Waals surface area contributed by atoms with Gasteiger partial charge in [-0.25, -0.2) is 13.8 Å². The van der Waals surface area contributed by atoms with E-state index in [-0.39, 0.29) is 11.7 Å². The van der Waals surface area contributed by atoms with Crippen LogP contribution in [0.2, 0.25) is 0 Å². The number of carbonyl (C=O) groups excluding carboxylic acids is 1. The smallest absolute Gasteiger partial charge is 0.236 e. The van der Waals surface area contributed by atoms with Gasteiger partial charge in [0.2, 0.25) is 5.91 Å². The lowest BCUT2D eigenvalue weighted by Crippen LogP contribution is -2.14. The maximum absolute atomic E-state index is 13.4. The van der Waals surface area contributed by atoms with Crippen molar-refractivity contribution in [3.05, 3.63) is 53.6 Å². The minimum Gasteiger partial charge on any atom is -0.461 e. The van der Waals surface area contributed by atoms with Crippen LogP contribution in [-0.4, -0.2) is 31.4 Å². The number of carbonyl (C=O) groups is 1. The minimum atomic E-state index is -0.949. The molecular weight excluding hydrogens is 420 g/mol. The Hall–Kier alpha value is -3.05. The fraction of sp³-hybridized carbons (Fsp3) is 0.111. The molecule has 0 unspecified atom stereocenters. The fourth-order valence-corrected chi connectivity index (χ4v) is 3.91. The van der Waals surface area contributed by atoms with Gasteiger partial charge in [0, 0.05) is 18.0 Å². The van der Waals surface area contributed by atoms with Gasteiger partial charge in [0.25, 0.3) is 0 Å². The van der Waals surface area contributed by atoms with Crippen molar-refractivity contribution in [1.29, 1.82) is 0 Å². The van der Waals surface area contributed by atoms with E-state index in [0.717, 1.165) is 12.1 Å². The van der Waals surface area contributed by atoms with Crippen molar-refractivity contribution in [1.82, 2.24) is 19.7 Å². The van der Waals surface area contributed by atoms with Crippen molar-refractivity contribution in [3.8, 4) is 22.8 Å². The van der Waals surface area contributed by atoms with Crippen LogP contribution in [0.15, 0.2) is 51.5 Å². The number of benzene rings is 1. The zero-order chi connectivity index (χ0) is 20.4. The van der Waals surface area contributed by atoms with Crippen molar-refractivity contribution in [2.75, 3.05) is 11.1 Å². The molecule has 1 amide bonds. The van der Waals surface area contributed by atoms with E-state index in [1.165, 1.54) is 29.2 Å². The Morgan fingerprint density at radius 1 is 1.28 bits per heavy atom. The maximum atomic E-state index is 13.4. The largest absolute Gasteiger partial charge is 0.461 e. The van der Waals surface area contributed by atoms with Crippen LogP contribution in [0.4, 0.5) is 13.9 Å². The Labute approximate surface area is 171 Å². The molecule has 1 aromatic carbocycles. The summed E-state index contributed by atoms with van der Waals surface area (Å²) in [5, 5.41) is 13.4. The lowest BCUT2D eigenvalue weighted by molar-refractivity contribution is -0.113. The minimum absolute atomic E-state index is 0.101. The first kappa shape index (κ1) is 19.3. The topological polar surface area (TPSA) is 85.8 Å². The van der Waals surface area contributed by atoms with Gasteiger partial charge in [-0.3, -0.25) is 4.79 Å². The summed E-state index contributed by atoms with van der Waals surface area (Å²) < 4.78 is 33.5. The third kappa shape index (κ3) is 4.20. The van der Waals surface area contributed by atoms with E-state index in [4.69, 9.17) is 4.42 Å². The van der Waals surface area contributed by atoms with Crippen LogP contribution in [0.1, 0.15) is 0 Å². The van der Waals surface area contributed by atoms with Crippen LogP contribution < -0.4 is 5.32 Å². The van der Waals surface area contributed by atoms with Gasteiger partial charge in [-0.1, -0.05) is 11.8 Å².